The highest BCUT2D eigenvalue weighted by Crippen LogP contribution is 2.34. The minimum absolute atomic E-state index is 0.00329. The molecule has 1 spiro atoms. The molecule has 1 N–H and O–H groups in total. The van der Waals surface area contributed by atoms with Gasteiger partial charge in [-0.25, -0.2) is 14.4 Å². The molecule has 0 amide bonds. The normalized spacial score (nSPS) is 24.1. The Bertz CT molecular complexity index is 773. The van der Waals surface area contributed by atoms with Crippen LogP contribution in [0.25, 0.3) is 0 Å². The number of rotatable bonds is 3. The molecule has 0 aliphatic carbocycles. The monoisotopic (exact) mass is 372 g/mol. The highest BCUT2D eigenvalue weighted by Gasteiger charge is 2.39. The van der Waals surface area contributed by atoms with Gasteiger partial charge in [0.15, 0.2) is 5.82 Å². The van der Waals surface area contributed by atoms with E-state index in [2.05, 4.69) is 19.8 Å². The van der Waals surface area contributed by atoms with Crippen LogP contribution in [0.5, 0.6) is 5.75 Å². The Morgan fingerprint density at radius 2 is 2.04 bits per heavy atom. The van der Waals surface area contributed by atoms with Crippen molar-refractivity contribution >= 4 is 5.95 Å². The Morgan fingerprint density at radius 3 is 2.85 bits per heavy atom. The van der Waals surface area contributed by atoms with Crippen LogP contribution in [-0.4, -0.2) is 59.4 Å². The van der Waals surface area contributed by atoms with E-state index in [0.29, 0.717) is 31.5 Å². The van der Waals surface area contributed by atoms with Gasteiger partial charge in [0.25, 0.3) is 0 Å². The summed E-state index contributed by atoms with van der Waals surface area (Å²) in [5, 5.41) is 9.72. The number of halogens is 1. The topological polar surface area (TPSA) is 61.7 Å². The minimum Gasteiger partial charge on any atom is -0.508 e. The van der Waals surface area contributed by atoms with E-state index in [1.165, 1.54) is 12.4 Å². The fourth-order valence-corrected chi connectivity index (χ4v) is 4.24. The van der Waals surface area contributed by atoms with Gasteiger partial charge in [-0.3, -0.25) is 4.90 Å². The van der Waals surface area contributed by atoms with Crippen molar-refractivity contribution in [1.29, 1.82) is 0 Å². The van der Waals surface area contributed by atoms with E-state index in [-0.39, 0.29) is 5.41 Å². The molecule has 2 saturated heterocycles. The van der Waals surface area contributed by atoms with Crippen LogP contribution in [-0.2, 0) is 11.3 Å². The van der Waals surface area contributed by atoms with Crippen LogP contribution in [0.15, 0.2) is 36.7 Å². The average Bonchev–Trinajstić information content (AvgIpc) is 2.85. The number of benzene rings is 1. The highest BCUT2D eigenvalue weighted by atomic mass is 19.1. The van der Waals surface area contributed by atoms with Crippen molar-refractivity contribution in [2.75, 3.05) is 44.3 Å². The summed E-state index contributed by atoms with van der Waals surface area (Å²) < 4.78 is 19.1. The first kappa shape index (κ1) is 18.1. The van der Waals surface area contributed by atoms with E-state index in [1.54, 1.807) is 6.07 Å². The van der Waals surface area contributed by atoms with Gasteiger partial charge in [0, 0.05) is 31.6 Å². The van der Waals surface area contributed by atoms with Crippen molar-refractivity contribution in [2.24, 2.45) is 5.41 Å². The van der Waals surface area contributed by atoms with Crippen LogP contribution in [0, 0.1) is 11.2 Å². The second kappa shape index (κ2) is 7.78. The van der Waals surface area contributed by atoms with Gasteiger partial charge in [0.05, 0.1) is 25.6 Å². The van der Waals surface area contributed by atoms with E-state index in [9.17, 15) is 9.50 Å². The molecule has 4 rings (SSSR count). The summed E-state index contributed by atoms with van der Waals surface area (Å²) >= 11 is 0. The van der Waals surface area contributed by atoms with Crippen molar-refractivity contribution in [1.82, 2.24) is 14.9 Å². The number of piperidine rings is 1. The number of aromatic hydroxyl groups is 1. The number of ether oxygens (including phenoxy) is 1. The number of hydrogen-bond donors (Lipinski definition) is 1. The summed E-state index contributed by atoms with van der Waals surface area (Å²) in [5.41, 5.74) is 1.11. The quantitative estimate of drug-likeness (QED) is 0.893. The fourth-order valence-electron chi connectivity index (χ4n) is 4.24. The molecule has 2 aliphatic rings. The third-order valence-electron chi connectivity index (χ3n) is 5.39. The lowest BCUT2D eigenvalue weighted by atomic mass is 9.80. The zero-order valence-electron chi connectivity index (χ0n) is 15.4. The number of likely N-dealkylation sites (tertiary alicyclic amines) is 1. The molecule has 27 heavy (non-hydrogen) atoms. The summed E-state index contributed by atoms with van der Waals surface area (Å²) in [6.07, 6.45) is 4.62. The lowest BCUT2D eigenvalue weighted by Crippen LogP contribution is -2.50. The molecule has 0 bridgehead atoms. The predicted octanol–water partition coefficient (Wildman–Crippen LogP) is 2.44. The van der Waals surface area contributed by atoms with Gasteiger partial charge in [-0.15, -0.1) is 0 Å². The van der Waals surface area contributed by atoms with Crippen LogP contribution in [0.1, 0.15) is 18.4 Å². The second-order valence-electron chi connectivity index (χ2n) is 7.66. The van der Waals surface area contributed by atoms with E-state index in [1.807, 2.05) is 18.2 Å². The molecule has 1 aromatic carbocycles. The standard InChI is InChI=1S/C20H25FN4O2/c21-17-10-22-19(23-11-17)25-7-8-27-15-20(14-25)5-2-6-24(13-20)12-16-3-1-4-18(26)9-16/h1,3-4,9-11,26H,2,5-8,12-15H2/t20-/m0/s1. The minimum atomic E-state index is -0.422. The van der Waals surface area contributed by atoms with E-state index < -0.39 is 5.82 Å². The molecule has 2 aliphatic heterocycles. The van der Waals surface area contributed by atoms with Gasteiger partial charge in [-0.2, -0.15) is 0 Å². The zero-order valence-corrected chi connectivity index (χ0v) is 15.4. The van der Waals surface area contributed by atoms with Crippen LogP contribution in [0.2, 0.25) is 0 Å². The molecule has 2 aromatic rings. The average molecular weight is 372 g/mol. The van der Waals surface area contributed by atoms with Crippen LogP contribution in [0.4, 0.5) is 10.3 Å². The first-order valence-corrected chi connectivity index (χ1v) is 9.42. The second-order valence-corrected chi connectivity index (χ2v) is 7.66. The Kier molecular flexibility index (Phi) is 5.22. The number of phenolic OH excluding ortho intramolecular Hbond substituents is 1. The summed E-state index contributed by atoms with van der Waals surface area (Å²) in [4.78, 5) is 12.9. The molecule has 144 valence electrons. The number of phenols is 1. The zero-order chi connectivity index (χ0) is 18.7. The van der Waals surface area contributed by atoms with E-state index in [4.69, 9.17) is 4.74 Å². The first-order valence-electron chi connectivity index (χ1n) is 9.42. The number of anilines is 1. The Hall–Kier alpha value is -2.25. The van der Waals surface area contributed by atoms with Crippen molar-refractivity contribution in [3.05, 3.63) is 48.0 Å². The number of hydrogen-bond acceptors (Lipinski definition) is 6. The van der Waals surface area contributed by atoms with Crippen molar-refractivity contribution in [3.63, 3.8) is 0 Å². The maximum Gasteiger partial charge on any atom is 0.225 e. The van der Waals surface area contributed by atoms with Gasteiger partial charge >= 0.3 is 0 Å². The lowest BCUT2D eigenvalue weighted by Gasteiger charge is -2.43. The first-order chi connectivity index (χ1) is 13.1. The van der Waals surface area contributed by atoms with E-state index >= 15 is 0 Å². The molecule has 0 saturated carbocycles. The Labute approximate surface area is 158 Å². The van der Waals surface area contributed by atoms with Crippen LogP contribution >= 0.6 is 0 Å². The predicted molar refractivity (Wildman–Crippen MR) is 100 cm³/mol. The van der Waals surface area contributed by atoms with Crippen LogP contribution < -0.4 is 4.90 Å². The highest BCUT2D eigenvalue weighted by molar-refractivity contribution is 5.30. The smallest absolute Gasteiger partial charge is 0.225 e. The summed E-state index contributed by atoms with van der Waals surface area (Å²) in [7, 11) is 0. The van der Waals surface area contributed by atoms with Gasteiger partial charge in [-0.1, -0.05) is 12.1 Å². The van der Waals surface area contributed by atoms with Gasteiger partial charge < -0.3 is 14.7 Å². The Morgan fingerprint density at radius 1 is 1.19 bits per heavy atom. The van der Waals surface area contributed by atoms with Gasteiger partial charge in [-0.05, 0) is 37.1 Å². The molecule has 0 radical (unpaired) electrons. The fraction of sp³-hybridized carbons (Fsp3) is 0.500. The van der Waals surface area contributed by atoms with Crippen molar-refractivity contribution < 1.29 is 14.2 Å². The summed E-state index contributed by atoms with van der Waals surface area (Å²) in [6.45, 7) is 5.60. The number of aromatic nitrogens is 2. The molecular weight excluding hydrogens is 347 g/mol. The van der Waals surface area contributed by atoms with Crippen molar-refractivity contribution in [3.8, 4) is 5.75 Å². The SMILES string of the molecule is Oc1cccc(CN2CCC[C@]3(COCCN(c4ncc(F)cn4)C3)C2)c1. The lowest BCUT2D eigenvalue weighted by molar-refractivity contribution is 0.0106. The molecule has 6 nitrogen and oxygen atoms in total. The summed E-state index contributed by atoms with van der Waals surface area (Å²) in [6, 6.07) is 7.44. The summed E-state index contributed by atoms with van der Waals surface area (Å²) in [5.74, 6) is 0.442. The third-order valence-corrected chi connectivity index (χ3v) is 5.39. The van der Waals surface area contributed by atoms with Crippen molar-refractivity contribution in [2.45, 2.75) is 19.4 Å². The molecule has 7 heteroatoms. The molecular formula is C20H25FN4O2. The maximum atomic E-state index is 13.2. The van der Waals surface area contributed by atoms with Crippen LogP contribution in [0.3, 0.4) is 0 Å². The molecule has 3 heterocycles. The third kappa shape index (κ3) is 4.36. The Balaban J connectivity index is 1.49. The molecule has 0 unspecified atom stereocenters. The largest absolute Gasteiger partial charge is 0.508 e. The van der Waals surface area contributed by atoms with E-state index in [0.717, 1.165) is 44.6 Å². The molecule has 2 fully saturated rings. The molecule has 1 atom stereocenters. The van der Waals surface area contributed by atoms with Gasteiger partial charge in [0.1, 0.15) is 5.75 Å². The van der Waals surface area contributed by atoms with Gasteiger partial charge in [0.2, 0.25) is 5.95 Å². The maximum absolute atomic E-state index is 13.2. The number of nitrogens with zero attached hydrogens (tertiary/aromatic N) is 4. The molecule has 1 aromatic heterocycles.